The van der Waals surface area contributed by atoms with E-state index < -0.39 is 0 Å². The first-order valence-corrected chi connectivity index (χ1v) is 15.7. The van der Waals surface area contributed by atoms with Gasteiger partial charge in [0.2, 0.25) is 0 Å². The number of rotatable bonds is 5. The van der Waals surface area contributed by atoms with Crippen LogP contribution in [0.5, 0.6) is 0 Å². The van der Waals surface area contributed by atoms with Gasteiger partial charge in [0.25, 0.3) is 0 Å². The zero-order valence-electron chi connectivity index (χ0n) is 28.3. The third-order valence-electron chi connectivity index (χ3n) is 7.18. The molecule has 0 fully saturated rings. The molecule has 6 heteroatoms. The van der Waals surface area contributed by atoms with Crippen molar-refractivity contribution in [2.75, 3.05) is 0 Å². The van der Waals surface area contributed by atoms with Crippen molar-refractivity contribution in [3.63, 3.8) is 0 Å². The summed E-state index contributed by atoms with van der Waals surface area (Å²) in [7, 11) is 0. The quantitative estimate of drug-likeness (QED) is 0.214. The van der Waals surface area contributed by atoms with Gasteiger partial charge in [0, 0.05) is 0 Å². The van der Waals surface area contributed by atoms with Gasteiger partial charge in [-0.2, -0.15) is 0 Å². The lowest BCUT2D eigenvalue weighted by Crippen LogP contribution is -2.00. The van der Waals surface area contributed by atoms with Gasteiger partial charge in [-0.05, 0) is 119 Å². The molecule has 1 nitrogen and oxygen atoms in total. The molecule has 4 rings (SSSR count). The van der Waals surface area contributed by atoms with Crippen molar-refractivity contribution in [3.05, 3.63) is 140 Å². The highest BCUT2D eigenvalue weighted by Crippen LogP contribution is 2.25. The Kier molecular flexibility index (Phi) is 17.2. The highest BCUT2D eigenvalue weighted by molar-refractivity contribution is 6.30. The zero-order chi connectivity index (χ0) is 34.4. The van der Waals surface area contributed by atoms with E-state index in [-0.39, 0.29) is 40.8 Å². The number of hydrogen-bond donors (Lipinski definition) is 1. The molecule has 0 radical (unpaired) electrons. The number of aliphatic hydroxyl groups is 1. The summed E-state index contributed by atoms with van der Waals surface area (Å²) < 4.78 is 51.0. The number of halogens is 5. The first-order valence-electron chi connectivity index (χ1n) is 15.3. The largest absolute Gasteiger partial charge is 0.392 e. The molecule has 4 aromatic rings. The normalized spacial score (nSPS) is 10.7. The van der Waals surface area contributed by atoms with Crippen LogP contribution in [0, 0.1) is 37.1 Å². The monoisotopic (exact) mass is 644 g/mol. The Labute approximate surface area is 273 Å². The lowest BCUT2D eigenvalue weighted by atomic mass is 9.93. The first kappa shape index (κ1) is 39.9. The summed E-state index contributed by atoms with van der Waals surface area (Å²) in [6.45, 7) is 20.1. The van der Waals surface area contributed by atoms with E-state index in [1.54, 1.807) is 24.3 Å². The summed E-state index contributed by atoms with van der Waals surface area (Å²) in [5.74, 6) is 0.610. The molecule has 246 valence electrons. The smallest absolute Gasteiger partial charge is 0.145 e. The maximum absolute atomic E-state index is 13.1. The van der Waals surface area contributed by atoms with E-state index >= 15 is 0 Å². The van der Waals surface area contributed by atoms with Gasteiger partial charge in [0.1, 0.15) is 23.3 Å². The van der Waals surface area contributed by atoms with E-state index in [0.717, 1.165) is 16.7 Å². The van der Waals surface area contributed by atoms with Crippen molar-refractivity contribution >= 4 is 11.6 Å². The Morgan fingerprint density at radius 1 is 0.578 bits per heavy atom. The SMILES string of the molecule is CC(C)c1ccc(F)cc1.CC(C)c1cccc(Cl)c1F.Cc1cc(F)cc(CO)c1C(C)C.Cc1cc(F)ccc1C(C)C. The number of benzene rings is 4. The van der Waals surface area contributed by atoms with Gasteiger partial charge in [-0.15, -0.1) is 0 Å². The molecule has 0 aliphatic rings. The predicted octanol–water partition coefficient (Wildman–Crippen LogP) is 12.6. The minimum Gasteiger partial charge on any atom is -0.392 e. The van der Waals surface area contributed by atoms with Crippen molar-refractivity contribution in [1.82, 2.24) is 0 Å². The number of aliphatic hydroxyl groups excluding tert-OH is 1. The first-order chi connectivity index (χ1) is 21.0. The van der Waals surface area contributed by atoms with E-state index in [0.29, 0.717) is 28.9 Å². The lowest BCUT2D eigenvalue weighted by molar-refractivity contribution is 0.279. The summed E-state index contributed by atoms with van der Waals surface area (Å²) in [5, 5.41) is 9.25. The number of aryl methyl sites for hydroxylation is 2. The minimum atomic E-state index is -0.288. The molecule has 0 saturated carbocycles. The molecule has 4 aromatic carbocycles. The van der Waals surface area contributed by atoms with Crippen LogP contribution in [-0.4, -0.2) is 5.11 Å². The summed E-state index contributed by atoms with van der Waals surface area (Å²) in [5.41, 5.74) is 6.81. The van der Waals surface area contributed by atoms with Crippen LogP contribution in [0.3, 0.4) is 0 Å². The van der Waals surface area contributed by atoms with Crippen molar-refractivity contribution in [3.8, 4) is 0 Å². The van der Waals surface area contributed by atoms with Crippen molar-refractivity contribution in [2.45, 2.75) is 99.5 Å². The molecule has 0 atom stereocenters. The highest BCUT2D eigenvalue weighted by atomic mass is 35.5. The fourth-order valence-electron chi connectivity index (χ4n) is 4.88. The third kappa shape index (κ3) is 13.4. The topological polar surface area (TPSA) is 20.2 Å². The van der Waals surface area contributed by atoms with Crippen LogP contribution in [0.4, 0.5) is 17.6 Å². The Morgan fingerprint density at radius 3 is 1.56 bits per heavy atom. The molecular formula is C39H49ClF4O. The summed E-state index contributed by atoms with van der Waals surface area (Å²) >= 11 is 5.58. The van der Waals surface area contributed by atoms with Crippen molar-refractivity contribution in [2.24, 2.45) is 0 Å². The molecule has 0 spiro atoms. The molecule has 0 aromatic heterocycles. The van der Waals surface area contributed by atoms with E-state index in [1.807, 2.05) is 59.7 Å². The fourth-order valence-corrected chi connectivity index (χ4v) is 5.06. The van der Waals surface area contributed by atoms with E-state index in [4.69, 9.17) is 16.7 Å². The second-order valence-corrected chi connectivity index (χ2v) is 12.7. The van der Waals surface area contributed by atoms with Crippen molar-refractivity contribution in [1.29, 1.82) is 0 Å². The molecule has 0 saturated heterocycles. The molecule has 0 unspecified atom stereocenters. The maximum atomic E-state index is 13.1. The Bertz CT molecular complexity index is 1460. The molecule has 0 bridgehead atoms. The number of hydrogen-bond acceptors (Lipinski definition) is 1. The molecular weight excluding hydrogens is 596 g/mol. The summed E-state index contributed by atoms with van der Waals surface area (Å²) in [6.07, 6.45) is 0. The van der Waals surface area contributed by atoms with E-state index in [2.05, 4.69) is 27.7 Å². The van der Waals surface area contributed by atoms with Gasteiger partial charge in [0.15, 0.2) is 0 Å². The molecule has 0 heterocycles. The van der Waals surface area contributed by atoms with Crippen LogP contribution in [-0.2, 0) is 6.61 Å². The van der Waals surface area contributed by atoms with Crippen LogP contribution in [0.15, 0.2) is 72.8 Å². The summed E-state index contributed by atoms with van der Waals surface area (Å²) in [6, 6.07) is 19.6. The predicted molar refractivity (Wildman–Crippen MR) is 182 cm³/mol. The highest BCUT2D eigenvalue weighted by Gasteiger charge is 2.11. The second-order valence-electron chi connectivity index (χ2n) is 12.3. The van der Waals surface area contributed by atoms with Crippen LogP contribution in [0.2, 0.25) is 5.02 Å². The Morgan fingerprint density at radius 2 is 1.11 bits per heavy atom. The molecule has 1 N–H and O–H groups in total. The molecule has 0 aliphatic carbocycles. The lowest BCUT2D eigenvalue weighted by Gasteiger charge is -2.14. The van der Waals surface area contributed by atoms with Crippen LogP contribution >= 0.6 is 11.6 Å². The van der Waals surface area contributed by atoms with Gasteiger partial charge in [-0.25, -0.2) is 17.6 Å². The zero-order valence-corrected chi connectivity index (χ0v) is 29.0. The minimum absolute atomic E-state index is 0.0912. The maximum Gasteiger partial charge on any atom is 0.145 e. The Balaban J connectivity index is 0.000000301. The van der Waals surface area contributed by atoms with Gasteiger partial charge >= 0.3 is 0 Å². The Hall–Kier alpha value is -3.15. The van der Waals surface area contributed by atoms with Gasteiger partial charge in [-0.1, -0.05) is 97.3 Å². The standard InChI is InChI=1S/C11H15FO.C10H13F.C9H10ClF.C9H11F/c1-7(2)11-8(3)4-10(12)5-9(11)6-13;1-7(2)10-5-4-9(11)6-8(10)3;1-6(2)7-4-3-5-8(10)9(7)11;1-7(2)8-3-5-9(10)6-4-8/h4-5,7,13H,6H2,1-3H3;4-7H,1-3H3;3-6H,1-2H3;3-7H,1-2H3. The third-order valence-corrected chi connectivity index (χ3v) is 7.47. The van der Waals surface area contributed by atoms with Crippen LogP contribution in [0.25, 0.3) is 0 Å². The van der Waals surface area contributed by atoms with Crippen molar-refractivity contribution < 1.29 is 22.7 Å². The average molecular weight is 645 g/mol. The summed E-state index contributed by atoms with van der Waals surface area (Å²) in [4.78, 5) is 0. The van der Waals surface area contributed by atoms with Gasteiger partial charge < -0.3 is 5.11 Å². The molecule has 0 aliphatic heterocycles. The van der Waals surface area contributed by atoms with E-state index in [1.165, 1.54) is 41.5 Å². The van der Waals surface area contributed by atoms with E-state index in [9.17, 15) is 17.6 Å². The van der Waals surface area contributed by atoms with Gasteiger partial charge in [0.05, 0.1) is 11.6 Å². The van der Waals surface area contributed by atoms with Crippen LogP contribution < -0.4 is 0 Å². The molecule has 45 heavy (non-hydrogen) atoms. The van der Waals surface area contributed by atoms with Gasteiger partial charge in [-0.3, -0.25) is 0 Å². The second kappa shape index (κ2) is 19.4. The average Bonchev–Trinajstić information content (AvgIpc) is 2.94. The van der Waals surface area contributed by atoms with Crippen LogP contribution in [0.1, 0.15) is 118 Å². The molecule has 0 amide bonds. The fraction of sp³-hybridized carbons (Fsp3) is 0.385.